The zero-order valence-electron chi connectivity index (χ0n) is 15.8. The molecule has 0 amide bonds. The van der Waals surface area contributed by atoms with Crippen LogP contribution in [0.1, 0.15) is 60.9 Å². The largest absolute Gasteiger partial charge is 0.338 e. The third kappa shape index (κ3) is 4.64. The minimum atomic E-state index is -0.00256. The number of nitrogens with zero attached hydrogens (tertiary/aromatic N) is 3. The molecule has 3 aromatic rings. The quantitative estimate of drug-likeness (QED) is 0.640. The summed E-state index contributed by atoms with van der Waals surface area (Å²) >= 11 is 0. The maximum Gasteiger partial charge on any atom is 0.240 e. The van der Waals surface area contributed by atoms with Crippen molar-refractivity contribution in [1.82, 2.24) is 15.0 Å². The van der Waals surface area contributed by atoms with Gasteiger partial charge in [0.05, 0.1) is 12.5 Å². The summed E-state index contributed by atoms with van der Waals surface area (Å²) in [5.41, 5.74) is 2.37. The molecule has 0 radical (unpaired) electrons. The first-order valence-electron chi connectivity index (χ1n) is 10.0. The maximum atomic E-state index is 5.66. The summed E-state index contributed by atoms with van der Waals surface area (Å²) in [6.45, 7) is 3.00. The molecule has 0 unspecified atom stereocenters. The fraction of sp³-hybridized carbons (Fsp3) is 0.391. The van der Waals surface area contributed by atoms with Gasteiger partial charge in [0, 0.05) is 0 Å². The van der Waals surface area contributed by atoms with Crippen molar-refractivity contribution in [1.29, 1.82) is 0 Å². The highest BCUT2D eigenvalue weighted by molar-refractivity contribution is 5.37. The van der Waals surface area contributed by atoms with Crippen molar-refractivity contribution in [2.75, 3.05) is 13.1 Å². The Hall–Kier alpha value is -2.46. The van der Waals surface area contributed by atoms with Crippen LogP contribution in [0.2, 0.25) is 0 Å². The summed E-state index contributed by atoms with van der Waals surface area (Å²) < 4.78 is 5.66. The van der Waals surface area contributed by atoms with E-state index in [-0.39, 0.29) is 5.92 Å². The number of hydrogen-bond donors (Lipinski definition) is 0. The highest BCUT2D eigenvalue weighted by Crippen LogP contribution is 2.30. The van der Waals surface area contributed by atoms with E-state index in [1.807, 2.05) is 12.1 Å². The fourth-order valence-electron chi connectivity index (χ4n) is 3.89. The molecule has 27 heavy (non-hydrogen) atoms. The fourth-order valence-corrected chi connectivity index (χ4v) is 3.89. The van der Waals surface area contributed by atoms with Gasteiger partial charge >= 0.3 is 0 Å². The molecule has 2 heterocycles. The second kappa shape index (κ2) is 8.96. The molecule has 2 aromatic carbocycles. The van der Waals surface area contributed by atoms with Gasteiger partial charge in [-0.1, -0.05) is 85.1 Å². The van der Waals surface area contributed by atoms with E-state index in [4.69, 9.17) is 9.51 Å². The van der Waals surface area contributed by atoms with Gasteiger partial charge in [0.15, 0.2) is 5.82 Å². The van der Waals surface area contributed by atoms with Crippen molar-refractivity contribution in [3.63, 3.8) is 0 Å². The van der Waals surface area contributed by atoms with Gasteiger partial charge < -0.3 is 4.52 Å². The van der Waals surface area contributed by atoms with Gasteiger partial charge in [-0.05, 0) is 37.1 Å². The van der Waals surface area contributed by atoms with Crippen molar-refractivity contribution >= 4 is 0 Å². The number of rotatable bonds is 5. The van der Waals surface area contributed by atoms with E-state index < -0.39 is 0 Å². The molecule has 0 N–H and O–H groups in total. The van der Waals surface area contributed by atoms with Crippen LogP contribution in [0.5, 0.6) is 0 Å². The lowest BCUT2D eigenvalue weighted by atomic mass is 9.91. The Bertz CT molecular complexity index is 768. The van der Waals surface area contributed by atoms with Gasteiger partial charge in [-0.2, -0.15) is 4.98 Å². The van der Waals surface area contributed by atoms with Crippen LogP contribution < -0.4 is 0 Å². The Morgan fingerprint density at radius 1 is 0.778 bits per heavy atom. The SMILES string of the molecule is c1ccc(C(c2ccccc2)c2noc(CN3CCCCCCC3)n2)cc1. The van der Waals surface area contributed by atoms with Crippen LogP contribution in [0.4, 0.5) is 0 Å². The normalized spacial score (nSPS) is 16.2. The molecule has 1 saturated heterocycles. The molecular weight excluding hydrogens is 334 g/mol. The Labute approximate surface area is 161 Å². The van der Waals surface area contributed by atoms with Gasteiger partial charge in [-0.15, -0.1) is 0 Å². The molecule has 0 bridgehead atoms. The molecule has 1 aliphatic rings. The smallest absolute Gasteiger partial charge is 0.240 e. The molecular formula is C23H27N3O. The first-order valence-corrected chi connectivity index (χ1v) is 10.0. The molecule has 4 heteroatoms. The summed E-state index contributed by atoms with van der Waals surface area (Å²) in [5.74, 6) is 1.47. The topological polar surface area (TPSA) is 42.2 Å². The average Bonchev–Trinajstić information content (AvgIpc) is 3.14. The summed E-state index contributed by atoms with van der Waals surface area (Å²) in [4.78, 5) is 7.25. The first-order chi connectivity index (χ1) is 13.4. The minimum Gasteiger partial charge on any atom is -0.338 e. The highest BCUT2D eigenvalue weighted by atomic mass is 16.5. The molecule has 0 saturated carbocycles. The molecule has 1 fully saturated rings. The zero-order chi connectivity index (χ0) is 18.3. The minimum absolute atomic E-state index is 0.00256. The average molecular weight is 361 g/mol. The Balaban J connectivity index is 1.56. The van der Waals surface area contributed by atoms with Crippen molar-refractivity contribution in [2.24, 2.45) is 0 Å². The lowest BCUT2D eigenvalue weighted by Crippen LogP contribution is -2.27. The molecule has 0 atom stereocenters. The predicted molar refractivity (Wildman–Crippen MR) is 106 cm³/mol. The summed E-state index contributed by atoms with van der Waals surface area (Å²) in [5, 5.41) is 4.36. The Kier molecular flexibility index (Phi) is 5.95. The van der Waals surface area contributed by atoms with Gasteiger partial charge in [-0.25, -0.2) is 0 Å². The van der Waals surface area contributed by atoms with Crippen molar-refractivity contribution in [3.05, 3.63) is 83.5 Å². The zero-order valence-corrected chi connectivity index (χ0v) is 15.8. The van der Waals surface area contributed by atoms with Crippen LogP contribution in [0.15, 0.2) is 65.2 Å². The van der Waals surface area contributed by atoms with E-state index in [1.54, 1.807) is 0 Å². The van der Waals surface area contributed by atoms with Crippen molar-refractivity contribution in [3.8, 4) is 0 Å². The van der Waals surface area contributed by atoms with Crippen LogP contribution in [0.25, 0.3) is 0 Å². The van der Waals surface area contributed by atoms with Crippen LogP contribution in [-0.4, -0.2) is 28.1 Å². The molecule has 4 rings (SSSR count). The van der Waals surface area contributed by atoms with Crippen LogP contribution >= 0.6 is 0 Å². The molecule has 140 valence electrons. The van der Waals surface area contributed by atoms with E-state index in [2.05, 4.69) is 58.6 Å². The summed E-state index contributed by atoms with van der Waals surface area (Å²) in [6.07, 6.45) is 6.55. The Morgan fingerprint density at radius 3 is 1.93 bits per heavy atom. The van der Waals surface area contributed by atoms with Crippen molar-refractivity contribution < 1.29 is 4.52 Å². The summed E-state index contributed by atoms with van der Waals surface area (Å²) in [6, 6.07) is 20.8. The molecule has 0 aliphatic carbocycles. The second-order valence-electron chi connectivity index (χ2n) is 7.34. The number of hydrogen-bond acceptors (Lipinski definition) is 4. The van der Waals surface area contributed by atoms with Gasteiger partial charge in [0.2, 0.25) is 5.89 Å². The lowest BCUT2D eigenvalue weighted by Gasteiger charge is -2.22. The van der Waals surface area contributed by atoms with E-state index in [0.29, 0.717) is 0 Å². The van der Waals surface area contributed by atoms with Gasteiger partial charge in [0.1, 0.15) is 0 Å². The van der Waals surface area contributed by atoms with Gasteiger partial charge in [0.25, 0.3) is 0 Å². The van der Waals surface area contributed by atoms with E-state index >= 15 is 0 Å². The predicted octanol–water partition coefficient (Wildman–Crippen LogP) is 5.02. The third-order valence-corrected chi connectivity index (χ3v) is 5.32. The second-order valence-corrected chi connectivity index (χ2v) is 7.34. The van der Waals surface area contributed by atoms with Crippen LogP contribution in [0, 0.1) is 0 Å². The number of benzene rings is 2. The summed E-state index contributed by atoms with van der Waals surface area (Å²) in [7, 11) is 0. The van der Waals surface area contributed by atoms with E-state index in [1.165, 1.54) is 43.2 Å². The standard InChI is InChI=1S/C23H27N3O/c1-2-10-16-26(17-11-3-1)18-21-24-23(25-27-21)22(19-12-6-4-7-13-19)20-14-8-5-9-15-20/h4-9,12-15,22H,1-3,10-11,16-18H2. The lowest BCUT2D eigenvalue weighted by molar-refractivity contribution is 0.208. The molecule has 1 aliphatic heterocycles. The molecule has 1 aromatic heterocycles. The highest BCUT2D eigenvalue weighted by Gasteiger charge is 2.23. The van der Waals surface area contributed by atoms with Crippen LogP contribution in [0.3, 0.4) is 0 Å². The number of likely N-dealkylation sites (tertiary alicyclic amines) is 1. The third-order valence-electron chi connectivity index (χ3n) is 5.32. The molecule has 0 spiro atoms. The number of aromatic nitrogens is 2. The first kappa shape index (κ1) is 17.9. The van der Waals surface area contributed by atoms with Gasteiger partial charge in [-0.3, -0.25) is 4.90 Å². The van der Waals surface area contributed by atoms with E-state index in [9.17, 15) is 0 Å². The molecule has 4 nitrogen and oxygen atoms in total. The van der Waals surface area contributed by atoms with E-state index in [0.717, 1.165) is 31.3 Å². The maximum absolute atomic E-state index is 5.66. The monoisotopic (exact) mass is 361 g/mol. The Morgan fingerprint density at radius 2 is 1.33 bits per heavy atom. The van der Waals surface area contributed by atoms with Crippen molar-refractivity contribution in [2.45, 2.75) is 44.6 Å². The van der Waals surface area contributed by atoms with Crippen LogP contribution in [-0.2, 0) is 6.54 Å².